The van der Waals surface area contributed by atoms with Gasteiger partial charge in [-0.1, -0.05) is 19.1 Å². The zero-order valence-corrected chi connectivity index (χ0v) is 14.8. The third-order valence-electron chi connectivity index (χ3n) is 4.38. The average Bonchev–Trinajstić information content (AvgIpc) is 2.58. The Balaban J connectivity index is 2.93. The van der Waals surface area contributed by atoms with E-state index < -0.39 is 24.2 Å². The molecule has 1 saturated heterocycles. The van der Waals surface area contributed by atoms with E-state index in [4.69, 9.17) is 14.9 Å². The van der Waals surface area contributed by atoms with E-state index in [1.54, 1.807) is 12.2 Å². The number of ketones is 1. The average molecular weight is 353 g/mol. The monoisotopic (exact) mass is 353 g/mol. The SMILES string of the molecule is C=CCC(CCC=CC(O)O)C(=O)C(C(=O)OC)N1C(=O)CC1CC. The third-order valence-corrected chi connectivity index (χ3v) is 4.38. The summed E-state index contributed by atoms with van der Waals surface area (Å²) in [5.41, 5.74) is 0. The third kappa shape index (κ3) is 5.51. The number of aliphatic hydroxyl groups is 2. The minimum atomic E-state index is -1.54. The number of β-lactam (4-membered cyclic amide) rings is 1. The van der Waals surface area contributed by atoms with Crippen LogP contribution in [-0.4, -0.2) is 58.3 Å². The smallest absolute Gasteiger partial charge is 0.336 e. The molecule has 0 saturated carbocycles. The van der Waals surface area contributed by atoms with Crippen molar-refractivity contribution >= 4 is 17.7 Å². The Kier molecular flexibility index (Phi) is 8.51. The van der Waals surface area contributed by atoms with Gasteiger partial charge in [-0.25, -0.2) is 4.79 Å². The molecule has 140 valence electrons. The van der Waals surface area contributed by atoms with Crippen LogP contribution in [0.3, 0.4) is 0 Å². The highest BCUT2D eigenvalue weighted by Gasteiger charge is 2.47. The summed E-state index contributed by atoms with van der Waals surface area (Å²) in [6.45, 7) is 5.54. The molecule has 0 radical (unpaired) electrons. The van der Waals surface area contributed by atoms with Crippen molar-refractivity contribution in [1.29, 1.82) is 0 Å². The molecule has 7 heteroatoms. The predicted molar refractivity (Wildman–Crippen MR) is 91.3 cm³/mol. The zero-order chi connectivity index (χ0) is 19.0. The van der Waals surface area contributed by atoms with Gasteiger partial charge < -0.3 is 19.8 Å². The lowest BCUT2D eigenvalue weighted by molar-refractivity contribution is -0.168. The molecule has 3 atom stereocenters. The lowest BCUT2D eigenvalue weighted by Gasteiger charge is -2.44. The quantitative estimate of drug-likeness (QED) is 0.188. The number of carbonyl (C=O) groups is 3. The summed E-state index contributed by atoms with van der Waals surface area (Å²) < 4.78 is 4.76. The first kappa shape index (κ1) is 21.1. The molecule has 0 spiro atoms. The van der Waals surface area contributed by atoms with Gasteiger partial charge in [0.15, 0.2) is 18.1 Å². The fourth-order valence-electron chi connectivity index (χ4n) is 2.99. The molecule has 3 unspecified atom stereocenters. The summed E-state index contributed by atoms with van der Waals surface area (Å²) in [7, 11) is 1.20. The van der Waals surface area contributed by atoms with Crippen molar-refractivity contribution < 1.29 is 29.3 Å². The second-order valence-electron chi connectivity index (χ2n) is 6.04. The lowest BCUT2D eigenvalue weighted by atomic mass is 9.86. The maximum Gasteiger partial charge on any atom is 0.336 e. The number of ether oxygens (including phenoxy) is 1. The summed E-state index contributed by atoms with van der Waals surface area (Å²) in [5, 5.41) is 17.6. The number of aliphatic hydroxyl groups excluding tert-OH is 1. The second-order valence-corrected chi connectivity index (χ2v) is 6.04. The van der Waals surface area contributed by atoms with Gasteiger partial charge in [0.25, 0.3) is 0 Å². The minimum absolute atomic E-state index is 0.130. The molecule has 1 aliphatic rings. The van der Waals surface area contributed by atoms with Gasteiger partial charge in [0.05, 0.1) is 7.11 Å². The summed E-state index contributed by atoms with van der Waals surface area (Å²) >= 11 is 0. The summed E-state index contributed by atoms with van der Waals surface area (Å²) in [6.07, 6.45) is 5.01. The number of Topliss-reactive ketones (excluding diaryl/α,β-unsaturated/α-hetero) is 1. The number of allylic oxidation sites excluding steroid dienone is 2. The number of amides is 1. The van der Waals surface area contributed by atoms with E-state index in [0.717, 1.165) is 0 Å². The van der Waals surface area contributed by atoms with Crippen LogP contribution in [0, 0.1) is 5.92 Å². The van der Waals surface area contributed by atoms with Crippen LogP contribution >= 0.6 is 0 Å². The first-order valence-electron chi connectivity index (χ1n) is 8.43. The Morgan fingerprint density at radius 2 is 2.12 bits per heavy atom. The van der Waals surface area contributed by atoms with Crippen molar-refractivity contribution in [2.75, 3.05) is 7.11 Å². The molecule has 2 N–H and O–H groups in total. The van der Waals surface area contributed by atoms with Crippen LogP contribution < -0.4 is 0 Å². The summed E-state index contributed by atoms with van der Waals surface area (Å²) in [4.78, 5) is 38.4. The maximum atomic E-state index is 12.9. The standard InChI is InChI=1S/C18H27NO6/c1-4-8-12(9-6-7-10-15(21)22)17(23)16(18(24)25-3)19-13(5-2)11-14(19)20/h4,7,10,12-13,15-16,21-22H,1,5-6,8-9,11H2,2-3H3. The normalized spacial score (nSPS) is 19.6. The van der Waals surface area contributed by atoms with Crippen LogP contribution in [0.5, 0.6) is 0 Å². The Morgan fingerprint density at radius 3 is 2.60 bits per heavy atom. The molecule has 0 bridgehead atoms. The fourth-order valence-corrected chi connectivity index (χ4v) is 2.99. The van der Waals surface area contributed by atoms with E-state index in [2.05, 4.69) is 6.58 Å². The van der Waals surface area contributed by atoms with E-state index in [0.29, 0.717) is 32.1 Å². The number of likely N-dealkylation sites (tertiary alicyclic amines) is 1. The number of methoxy groups -OCH3 is 1. The molecule has 0 aromatic carbocycles. The molecular weight excluding hydrogens is 326 g/mol. The van der Waals surface area contributed by atoms with Gasteiger partial charge in [0, 0.05) is 18.4 Å². The van der Waals surface area contributed by atoms with Crippen molar-refractivity contribution in [3.63, 3.8) is 0 Å². The van der Waals surface area contributed by atoms with E-state index in [1.165, 1.54) is 18.1 Å². The molecule has 1 amide bonds. The molecule has 1 rings (SSSR count). The number of rotatable bonds is 11. The molecule has 1 aliphatic heterocycles. The first-order chi connectivity index (χ1) is 11.9. The van der Waals surface area contributed by atoms with Crippen molar-refractivity contribution in [2.45, 2.75) is 57.4 Å². The molecule has 25 heavy (non-hydrogen) atoms. The van der Waals surface area contributed by atoms with Crippen LogP contribution in [-0.2, 0) is 19.1 Å². The van der Waals surface area contributed by atoms with Crippen LogP contribution in [0.1, 0.15) is 39.0 Å². The predicted octanol–water partition coefficient (Wildman–Crippen LogP) is 0.947. The topological polar surface area (TPSA) is 104 Å². The van der Waals surface area contributed by atoms with Crippen molar-refractivity contribution in [2.24, 2.45) is 5.92 Å². The second kappa shape index (κ2) is 10.1. The highest BCUT2D eigenvalue weighted by Crippen LogP contribution is 2.29. The van der Waals surface area contributed by atoms with Crippen LogP contribution in [0.25, 0.3) is 0 Å². The van der Waals surface area contributed by atoms with Gasteiger partial charge in [-0.2, -0.15) is 0 Å². The Labute approximate surface area is 148 Å². The minimum Gasteiger partial charge on any atom is -0.467 e. The first-order valence-corrected chi connectivity index (χ1v) is 8.43. The van der Waals surface area contributed by atoms with Crippen molar-refractivity contribution in [1.82, 2.24) is 4.90 Å². The molecule has 1 heterocycles. The zero-order valence-electron chi connectivity index (χ0n) is 14.8. The van der Waals surface area contributed by atoms with Crippen LogP contribution in [0.4, 0.5) is 0 Å². The Morgan fingerprint density at radius 1 is 1.44 bits per heavy atom. The number of esters is 1. The number of hydrogen-bond acceptors (Lipinski definition) is 6. The molecule has 7 nitrogen and oxygen atoms in total. The Bertz CT molecular complexity index is 528. The van der Waals surface area contributed by atoms with Gasteiger partial charge in [0.1, 0.15) is 0 Å². The molecule has 0 aliphatic carbocycles. The highest BCUT2D eigenvalue weighted by atomic mass is 16.5. The highest BCUT2D eigenvalue weighted by molar-refractivity contribution is 6.07. The fraction of sp³-hybridized carbons (Fsp3) is 0.611. The summed E-state index contributed by atoms with van der Waals surface area (Å²) in [5.74, 6) is -1.83. The molecular formula is C18H27NO6. The lowest BCUT2D eigenvalue weighted by Crippen LogP contribution is -2.63. The van der Waals surface area contributed by atoms with Gasteiger partial charge in [-0.05, 0) is 31.8 Å². The summed E-state index contributed by atoms with van der Waals surface area (Å²) in [6, 6.07) is -1.36. The van der Waals surface area contributed by atoms with E-state index in [-0.39, 0.29) is 17.7 Å². The number of carbonyl (C=O) groups excluding carboxylic acids is 3. The molecule has 0 aromatic rings. The van der Waals surface area contributed by atoms with Gasteiger partial charge in [-0.3, -0.25) is 9.59 Å². The molecule has 0 aromatic heterocycles. The van der Waals surface area contributed by atoms with Gasteiger partial charge in [-0.15, -0.1) is 6.58 Å². The number of nitrogens with zero attached hydrogens (tertiary/aromatic N) is 1. The number of hydrogen-bond donors (Lipinski definition) is 2. The molecule has 1 fully saturated rings. The van der Waals surface area contributed by atoms with Crippen LogP contribution in [0.15, 0.2) is 24.8 Å². The van der Waals surface area contributed by atoms with E-state index in [1.807, 2.05) is 6.92 Å². The van der Waals surface area contributed by atoms with E-state index >= 15 is 0 Å². The largest absolute Gasteiger partial charge is 0.467 e. The van der Waals surface area contributed by atoms with Gasteiger partial charge in [0.2, 0.25) is 5.91 Å². The van der Waals surface area contributed by atoms with Crippen molar-refractivity contribution in [3.8, 4) is 0 Å². The van der Waals surface area contributed by atoms with Crippen molar-refractivity contribution in [3.05, 3.63) is 24.8 Å². The maximum absolute atomic E-state index is 12.9. The Hall–Kier alpha value is -1.99. The van der Waals surface area contributed by atoms with Gasteiger partial charge >= 0.3 is 5.97 Å². The van der Waals surface area contributed by atoms with Crippen LogP contribution in [0.2, 0.25) is 0 Å². The van der Waals surface area contributed by atoms with E-state index in [9.17, 15) is 14.4 Å².